The molecule has 2 atom stereocenters. The van der Waals surface area contributed by atoms with Crippen LogP contribution >= 0.6 is 0 Å². The number of hydrogen-bond donors (Lipinski definition) is 2. The van der Waals surface area contributed by atoms with Gasteiger partial charge in [-0.15, -0.1) is 0 Å². The van der Waals surface area contributed by atoms with Gasteiger partial charge >= 0.3 is 0 Å². The van der Waals surface area contributed by atoms with Crippen LogP contribution in [0.4, 0.5) is 0 Å². The first-order valence-electron chi connectivity index (χ1n) is 5.86. The number of ether oxygens (including phenoxy) is 1. The molecule has 1 aliphatic rings. The van der Waals surface area contributed by atoms with Gasteiger partial charge in [0.1, 0.15) is 0 Å². The van der Waals surface area contributed by atoms with Gasteiger partial charge in [0, 0.05) is 19.2 Å². The first kappa shape index (κ1) is 13.9. The van der Waals surface area contributed by atoms with E-state index in [0.717, 1.165) is 19.3 Å². The van der Waals surface area contributed by atoms with E-state index < -0.39 is 10.0 Å². The second-order valence-corrected chi connectivity index (χ2v) is 6.15. The maximum absolute atomic E-state index is 11.5. The molecule has 0 radical (unpaired) electrons. The van der Waals surface area contributed by atoms with E-state index in [1.165, 1.54) is 0 Å². The predicted octanol–water partition coefficient (Wildman–Crippen LogP) is 0.0697. The molecule has 2 unspecified atom stereocenters. The Hall–Kier alpha value is -0.170. The highest BCUT2D eigenvalue weighted by Gasteiger charge is 2.25. The van der Waals surface area contributed by atoms with Crippen molar-refractivity contribution < 1.29 is 13.2 Å². The second kappa shape index (κ2) is 6.54. The maximum atomic E-state index is 11.5. The van der Waals surface area contributed by atoms with Crippen LogP contribution < -0.4 is 10.5 Å². The molecule has 16 heavy (non-hydrogen) atoms. The summed E-state index contributed by atoms with van der Waals surface area (Å²) in [6.07, 6.45) is 3.13. The Balaban J connectivity index is 2.24. The summed E-state index contributed by atoms with van der Waals surface area (Å²) >= 11 is 0. The largest absolute Gasteiger partial charge is 0.381 e. The molecular weight excluding hydrogens is 228 g/mol. The molecule has 0 spiro atoms. The molecule has 0 bridgehead atoms. The molecule has 96 valence electrons. The van der Waals surface area contributed by atoms with Crippen molar-refractivity contribution in [3.8, 4) is 0 Å². The van der Waals surface area contributed by atoms with Crippen molar-refractivity contribution in [2.45, 2.75) is 32.2 Å². The van der Waals surface area contributed by atoms with Crippen molar-refractivity contribution in [3.63, 3.8) is 0 Å². The summed E-state index contributed by atoms with van der Waals surface area (Å²) in [5.74, 6) is 0.324. The Morgan fingerprint density at radius 1 is 1.44 bits per heavy atom. The van der Waals surface area contributed by atoms with Crippen LogP contribution in [0.5, 0.6) is 0 Å². The normalized spacial score (nSPS) is 26.1. The lowest BCUT2D eigenvalue weighted by Crippen LogP contribution is -2.37. The average molecular weight is 250 g/mol. The Labute approximate surface area is 97.8 Å². The van der Waals surface area contributed by atoms with Gasteiger partial charge in [0.2, 0.25) is 10.0 Å². The molecule has 1 fully saturated rings. The summed E-state index contributed by atoms with van der Waals surface area (Å²) in [5, 5.41) is 0. The lowest BCUT2D eigenvalue weighted by molar-refractivity contribution is 0.163. The molecule has 6 heteroatoms. The van der Waals surface area contributed by atoms with Gasteiger partial charge in [0.15, 0.2) is 0 Å². The van der Waals surface area contributed by atoms with Gasteiger partial charge < -0.3 is 10.5 Å². The number of rotatable bonds is 7. The van der Waals surface area contributed by atoms with Gasteiger partial charge in [-0.1, -0.05) is 6.42 Å². The fourth-order valence-corrected chi connectivity index (χ4v) is 2.89. The summed E-state index contributed by atoms with van der Waals surface area (Å²) < 4.78 is 30.7. The smallest absolute Gasteiger partial charge is 0.213 e. The number of nitrogens with one attached hydrogen (secondary N) is 1. The van der Waals surface area contributed by atoms with Crippen LogP contribution in [0, 0.1) is 5.92 Å². The van der Waals surface area contributed by atoms with Crippen molar-refractivity contribution in [1.29, 1.82) is 0 Å². The minimum Gasteiger partial charge on any atom is -0.381 e. The molecule has 0 amide bonds. The van der Waals surface area contributed by atoms with Crippen LogP contribution in [-0.2, 0) is 14.8 Å². The Morgan fingerprint density at radius 3 is 2.75 bits per heavy atom. The van der Waals surface area contributed by atoms with E-state index in [0.29, 0.717) is 19.1 Å². The second-order valence-electron chi connectivity index (χ2n) is 4.22. The highest BCUT2D eigenvalue weighted by atomic mass is 32.2. The molecule has 0 heterocycles. The Morgan fingerprint density at radius 2 is 2.19 bits per heavy atom. The highest BCUT2D eigenvalue weighted by Crippen LogP contribution is 2.23. The average Bonchev–Trinajstić information content (AvgIpc) is 2.62. The van der Waals surface area contributed by atoms with Crippen molar-refractivity contribution >= 4 is 10.0 Å². The predicted molar refractivity (Wildman–Crippen MR) is 63.6 cm³/mol. The van der Waals surface area contributed by atoms with Gasteiger partial charge in [-0.05, 0) is 25.7 Å². The number of nitrogens with two attached hydrogens (primary N) is 1. The van der Waals surface area contributed by atoms with Crippen LogP contribution in [0.1, 0.15) is 26.2 Å². The minimum absolute atomic E-state index is 0.0306. The summed E-state index contributed by atoms with van der Waals surface area (Å²) in [6.45, 7) is 3.11. The molecule has 1 saturated carbocycles. The van der Waals surface area contributed by atoms with Crippen molar-refractivity contribution in [2.24, 2.45) is 11.7 Å². The van der Waals surface area contributed by atoms with Gasteiger partial charge in [0.05, 0.1) is 12.4 Å². The maximum Gasteiger partial charge on any atom is 0.213 e. The van der Waals surface area contributed by atoms with Crippen LogP contribution in [0.3, 0.4) is 0 Å². The van der Waals surface area contributed by atoms with Gasteiger partial charge in [-0.3, -0.25) is 0 Å². The third-order valence-electron chi connectivity index (χ3n) is 2.98. The van der Waals surface area contributed by atoms with E-state index >= 15 is 0 Å². The minimum atomic E-state index is -3.20. The van der Waals surface area contributed by atoms with E-state index in [9.17, 15) is 8.42 Å². The highest BCUT2D eigenvalue weighted by molar-refractivity contribution is 7.89. The van der Waals surface area contributed by atoms with Gasteiger partial charge in [-0.25, -0.2) is 13.1 Å². The molecule has 1 aliphatic carbocycles. The van der Waals surface area contributed by atoms with Crippen LogP contribution in [0.2, 0.25) is 0 Å². The van der Waals surface area contributed by atoms with E-state index in [-0.39, 0.29) is 18.4 Å². The quantitative estimate of drug-likeness (QED) is 0.627. The number of sulfonamides is 1. The Bertz CT molecular complexity index is 292. The zero-order valence-electron chi connectivity index (χ0n) is 9.81. The van der Waals surface area contributed by atoms with Crippen molar-refractivity contribution in [3.05, 3.63) is 0 Å². The van der Waals surface area contributed by atoms with E-state index in [4.69, 9.17) is 10.5 Å². The third kappa shape index (κ3) is 4.78. The fourth-order valence-electron chi connectivity index (χ4n) is 1.94. The molecule has 0 aliphatic heterocycles. The first-order chi connectivity index (χ1) is 7.55. The molecule has 0 aromatic carbocycles. The SMILES string of the molecule is CCOCCS(=O)(=O)NCC1CCCC1N. The summed E-state index contributed by atoms with van der Waals surface area (Å²) in [6, 6.07) is 0.148. The molecule has 5 nitrogen and oxygen atoms in total. The first-order valence-corrected chi connectivity index (χ1v) is 7.51. The van der Waals surface area contributed by atoms with Crippen molar-refractivity contribution in [1.82, 2.24) is 4.72 Å². The summed E-state index contributed by atoms with van der Waals surface area (Å²) in [5.41, 5.74) is 5.87. The summed E-state index contributed by atoms with van der Waals surface area (Å²) in [7, 11) is -3.20. The van der Waals surface area contributed by atoms with Gasteiger partial charge in [-0.2, -0.15) is 0 Å². The number of hydrogen-bond acceptors (Lipinski definition) is 4. The van der Waals surface area contributed by atoms with Crippen LogP contribution in [-0.4, -0.2) is 40.0 Å². The van der Waals surface area contributed by atoms with E-state index in [2.05, 4.69) is 4.72 Å². The Kier molecular flexibility index (Phi) is 5.68. The molecule has 3 N–H and O–H groups in total. The fraction of sp³-hybridized carbons (Fsp3) is 1.00. The van der Waals surface area contributed by atoms with Crippen LogP contribution in [0.25, 0.3) is 0 Å². The summed E-state index contributed by atoms with van der Waals surface area (Å²) in [4.78, 5) is 0. The topological polar surface area (TPSA) is 81.4 Å². The molecule has 0 aromatic rings. The van der Waals surface area contributed by atoms with E-state index in [1.54, 1.807) is 0 Å². The van der Waals surface area contributed by atoms with Crippen molar-refractivity contribution in [2.75, 3.05) is 25.5 Å². The molecule has 1 rings (SSSR count). The third-order valence-corrected chi connectivity index (χ3v) is 4.29. The standard InChI is InChI=1S/C10H22N2O3S/c1-2-15-6-7-16(13,14)12-8-9-4-3-5-10(9)11/h9-10,12H,2-8,11H2,1H3. The molecular formula is C10H22N2O3S. The lowest BCUT2D eigenvalue weighted by atomic mass is 10.1. The zero-order valence-corrected chi connectivity index (χ0v) is 10.6. The van der Waals surface area contributed by atoms with Crippen LogP contribution in [0.15, 0.2) is 0 Å². The zero-order chi connectivity index (χ0) is 12.0. The van der Waals surface area contributed by atoms with E-state index in [1.807, 2.05) is 6.92 Å². The lowest BCUT2D eigenvalue weighted by Gasteiger charge is -2.15. The molecule has 0 aromatic heterocycles. The monoisotopic (exact) mass is 250 g/mol. The molecule has 0 saturated heterocycles. The van der Waals surface area contributed by atoms with Gasteiger partial charge in [0.25, 0.3) is 0 Å².